The number of rotatable bonds is 5. The van der Waals surface area contributed by atoms with Gasteiger partial charge in [0.2, 0.25) is 5.13 Å². The summed E-state index contributed by atoms with van der Waals surface area (Å²) in [6.45, 7) is 0. The molecule has 0 aliphatic heterocycles. The van der Waals surface area contributed by atoms with Crippen molar-refractivity contribution in [2.75, 3.05) is 19.6 Å². The maximum Gasteiger partial charge on any atom is 0.349 e. The van der Waals surface area contributed by atoms with Gasteiger partial charge < -0.3 is 13.9 Å². The number of hydrogen-bond acceptors (Lipinski definition) is 8. The molecule has 0 fully saturated rings. The second kappa shape index (κ2) is 7.20. The predicted octanol–water partition coefficient (Wildman–Crippen LogP) is 3.18. The fraction of sp³-hybridized carbons (Fsp3) is 0.105. The molecule has 4 rings (SSSR count). The van der Waals surface area contributed by atoms with Gasteiger partial charge in [-0.3, -0.25) is 15.6 Å². The van der Waals surface area contributed by atoms with E-state index in [0.717, 1.165) is 4.70 Å². The molecule has 0 radical (unpaired) electrons. The van der Waals surface area contributed by atoms with Crippen molar-refractivity contribution in [2.24, 2.45) is 0 Å². The first-order chi connectivity index (χ1) is 13.6. The smallest absolute Gasteiger partial charge is 0.349 e. The van der Waals surface area contributed by atoms with Gasteiger partial charge in [0.25, 0.3) is 5.91 Å². The fourth-order valence-electron chi connectivity index (χ4n) is 2.70. The molecular weight excluding hydrogens is 382 g/mol. The van der Waals surface area contributed by atoms with E-state index in [-0.39, 0.29) is 5.56 Å². The quantitative estimate of drug-likeness (QED) is 0.394. The third-order valence-corrected chi connectivity index (χ3v) is 4.98. The fourth-order valence-corrected chi connectivity index (χ4v) is 3.56. The molecule has 0 aliphatic carbocycles. The van der Waals surface area contributed by atoms with Gasteiger partial charge in [-0.2, -0.15) is 0 Å². The molecule has 9 heteroatoms. The second-order valence-electron chi connectivity index (χ2n) is 5.76. The van der Waals surface area contributed by atoms with Crippen molar-refractivity contribution in [3.05, 3.63) is 58.4 Å². The lowest BCUT2D eigenvalue weighted by Crippen LogP contribution is -2.32. The van der Waals surface area contributed by atoms with Gasteiger partial charge in [-0.25, -0.2) is 9.78 Å². The zero-order valence-electron chi connectivity index (χ0n) is 14.9. The number of methoxy groups -OCH3 is 2. The van der Waals surface area contributed by atoms with Crippen LogP contribution in [0.2, 0.25) is 0 Å². The Morgan fingerprint density at radius 1 is 1.14 bits per heavy atom. The van der Waals surface area contributed by atoms with Crippen LogP contribution >= 0.6 is 11.3 Å². The van der Waals surface area contributed by atoms with Crippen LogP contribution in [-0.2, 0) is 0 Å². The summed E-state index contributed by atoms with van der Waals surface area (Å²) in [6.07, 6.45) is 0. The van der Waals surface area contributed by atoms with Crippen LogP contribution in [0.5, 0.6) is 11.5 Å². The molecule has 0 saturated heterocycles. The molecule has 0 bridgehead atoms. The second-order valence-corrected chi connectivity index (χ2v) is 6.79. The van der Waals surface area contributed by atoms with E-state index in [4.69, 9.17) is 13.9 Å². The highest BCUT2D eigenvalue weighted by Crippen LogP contribution is 2.35. The molecule has 28 heavy (non-hydrogen) atoms. The van der Waals surface area contributed by atoms with E-state index in [1.165, 1.54) is 17.4 Å². The van der Waals surface area contributed by atoms with Gasteiger partial charge >= 0.3 is 5.63 Å². The SMILES string of the molecule is COc1cc(OC)c2nc(NNC(=O)c3cc4ccccc4oc3=O)sc2c1. The van der Waals surface area contributed by atoms with Crippen LogP contribution < -0.4 is 26.0 Å². The van der Waals surface area contributed by atoms with Crippen LogP contribution in [-0.4, -0.2) is 25.1 Å². The summed E-state index contributed by atoms with van der Waals surface area (Å²) in [6, 6.07) is 12.0. The number of carbonyl (C=O) groups excluding carboxylic acids is 1. The normalized spacial score (nSPS) is 10.8. The number of anilines is 1. The van der Waals surface area contributed by atoms with Gasteiger partial charge in [0.05, 0.1) is 18.9 Å². The average Bonchev–Trinajstić information content (AvgIpc) is 3.13. The first-order valence-electron chi connectivity index (χ1n) is 8.21. The number of para-hydroxylation sites is 1. The van der Waals surface area contributed by atoms with Crippen LogP contribution in [0.3, 0.4) is 0 Å². The van der Waals surface area contributed by atoms with Gasteiger partial charge in [0, 0.05) is 11.5 Å². The minimum absolute atomic E-state index is 0.105. The topological polar surface area (TPSA) is 103 Å². The van der Waals surface area contributed by atoms with Crippen molar-refractivity contribution in [3.8, 4) is 11.5 Å². The molecule has 142 valence electrons. The predicted molar refractivity (Wildman–Crippen MR) is 106 cm³/mol. The average molecular weight is 397 g/mol. The highest BCUT2D eigenvalue weighted by atomic mass is 32.1. The molecule has 0 aliphatic rings. The standard InChI is InChI=1S/C19H15N3O5S/c1-25-11-8-14(26-2)16-15(9-11)28-19(20-16)22-21-17(23)12-7-10-5-3-4-6-13(10)27-18(12)24/h3-9H,1-2H3,(H,20,22)(H,21,23). The Hall–Kier alpha value is -3.59. The Morgan fingerprint density at radius 2 is 1.96 bits per heavy atom. The third-order valence-electron chi connectivity index (χ3n) is 4.06. The van der Waals surface area contributed by atoms with Crippen LogP contribution in [0.15, 0.2) is 51.7 Å². The summed E-state index contributed by atoms with van der Waals surface area (Å²) in [4.78, 5) is 28.9. The van der Waals surface area contributed by atoms with E-state index >= 15 is 0 Å². The van der Waals surface area contributed by atoms with Crippen molar-refractivity contribution in [1.82, 2.24) is 10.4 Å². The Labute approximate surface area is 162 Å². The maximum absolute atomic E-state index is 12.4. The van der Waals surface area contributed by atoms with Crippen LogP contribution in [0.25, 0.3) is 21.2 Å². The summed E-state index contributed by atoms with van der Waals surface area (Å²) >= 11 is 1.30. The van der Waals surface area contributed by atoms with Crippen LogP contribution in [0.4, 0.5) is 5.13 Å². The monoisotopic (exact) mass is 397 g/mol. The molecular formula is C19H15N3O5S. The molecule has 0 saturated carbocycles. The first-order valence-corrected chi connectivity index (χ1v) is 9.02. The third kappa shape index (κ3) is 3.23. The Morgan fingerprint density at radius 3 is 2.75 bits per heavy atom. The van der Waals surface area contributed by atoms with E-state index in [1.807, 2.05) is 6.07 Å². The number of amides is 1. The number of hydrogen-bond donors (Lipinski definition) is 2. The molecule has 2 aromatic heterocycles. The van der Waals surface area contributed by atoms with Crippen molar-refractivity contribution in [2.45, 2.75) is 0 Å². The highest BCUT2D eigenvalue weighted by Gasteiger charge is 2.15. The van der Waals surface area contributed by atoms with Crippen molar-refractivity contribution in [1.29, 1.82) is 0 Å². The highest BCUT2D eigenvalue weighted by molar-refractivity contribution is 7.22. The van der Waals surface area contributed by atoms with Gasteiger partial charge in [-0.15, -0.1) is 0 Å². The van der Waals surface area contributed by atoms with Crippen LogP contribution in [0.1, 0.15) is 10.4 Å². The molecule has 0 atom stereocenters. The lowest BCUT2D eigenvalue weighted by atomic mass is 10.2. The summed E-state index contributed by atoms with van der Waals surface area (Å²) < 4.78 is 16.6. The molecule has 0 spiro atoms. The molecule has 1 amide bonds. The zero-order chi connectivity index (χ0) is 19.7. The lowest BCUT2D eigenvalue weighted by molar-refractivity contribution is 0.0959. The van der Waals surface area contributed by atoms with Gasteiger partial charge in [0.1, 0.15) is 28.2 Å². The summed E-state index contributed by atoms with van der Waals surface area (Å²) in [5, 5.41) is 1.09. The Kier molecular flexibility index (Phi) is 4.58. The van der Waals surface area contributed by atoms with Gasteiger partial charge in [-0.05, 0) is 18.2 Å². The number of ether oxygens (including phenoxy) is 2. The number of thiazole rings is 1. The first kappa shape index (κ1) is 17.8. The molecule has 2 heterocycles. The van der Waals surface area contributed by atoms with Crippen LogP contribution in [0, 0.1) is 0 Å². The van der Waals surface area contributed by atoms with Crippen molar-refractivity contribution in [3.63, 3.8) is 0 Å². The number of nitrogens with one attached hydrogen (secondary N) is 2. The zero-order valence-corrected chi connectivity index (χ0v) is 15.8. The summed E-state index contributed by atoms with van der Waals surface area (Å²) in [7, 11) is 3.11. The Bertz CT molecular complexity index is 1250. The largest absolute Gasteiger partial charge is 0.497 e. The maximum atomic E-state index is 12.4. The van der Waals surface area contributed by atoms with Gasteiger partial charge in [0.15, 0.2) is 0 Å². The van der Waals surface area contributed by atoms with Gasteiger partial charge in [-0.1, -0.05) is 29.5 Å². The minimum atomic E-state index is -0.714. The van der Waals surface area contributed by atoms with E-state index in [1.54, 1.807) is 44.6 Å². The van der Waals surface area contributed by atoms with Crippen molar-refractivity contribution < 1.29 is 18.7 Å². The van der Waals surface area contributed by atoms with E-state index in [0.29, 0.717) is 33.1 Å². The molecule has 2 aromatic carbocycles. The van der Waals surface area contributed by atoms with E-state index < -0.39 is 11.5 Å². The van der Waals surface area contributed by atoms with E-state index in [2.05, 4.69) is 15.8 Å². The molecule has 0 unspecified atom stereocenters. The minimum Gasteiger partial charge on any atom is -0.497 e. The number of aromatic nitrogens is 1. The van der Waals surface area contributed by atoms with Crippen molar-refractivity contribution >= 4 is 43.6 Å². The number of benzene rings is 2. The number of hydrazine groups is 1. The summed E-state index contributed by atoms with van der Waals surface area (Å²) in [5.74, 6) is 0.570. The van der Waals surface area contributed by atoms with E-state index in [9.17, 15) is 9.59 Å². The lowest BCUT2D eigenvalue weighted by Gasteiger charge is -2.05. The molecule has 8 nitrogen and oxygen atoms in total. The number of nitrogens with zero attached hydrogens (tertiary/aromatic N) is 1. The Balaban J connectivity index is 1.58. The summed E-state index contributed by atoms with van der Waals surface area (Å²) in [5.41, 5.74) is 5.44. The number of carbonyl (C=O) groups is 1. The molecule has 2 N–H and O–H groups in total. The number of fused-ring (bicyclic) bond motifs is 2. The molecule has 4 aromatic rings.